The number of likely N-dealkylation sites (N-methyl/N-ethyl adjacent to an activating group) is 1. The van der Waals surface area contributed by atoms with Crippen molar-refractivity contribution in [1.82, 2.24) is 9.88 Å². The van der Waals surface area contributed by atoms with E-state index in [1.54, 1.807) is 35.5 Å². The lowest BCUT2D eigenvalue weighted by atomic mass is 10.1. The number of hydrogen-bond acceptors (Lipinski definition) is 4. The quantitative estimate of drug-likeness (QED) is 0.761. The maximum Gasteiger partial charge on any atom is 0.246 e. The second-order valence-electron chi connectivity index (χ2n) is 5.48. The van der Waals surface area contributed by atoms with Crippen LogP contribution in [-0.4, -0.2) is 36.0 Å². The zero-order valence-electron chi connectivity index (χ0n) is 13.9. The van der Waals surface area contributed by atoms with Crippen molar-refractivity contribution < 1.29 is 9.53 Å². The Bertz CT molecular complexity index is 677. The Morgan fingerprint density at radius 1 is 1.39 bits per heavy atom. The second kappa shape index (κ2) is 7.92. The molecule has 0 N–H and O–H groups in total. The van der Waals surface area contributed by atoms with Crippen molar-refractivity contribution in [2.24, 2.45) is 0 Å². The van der Waals surface area contributed by atoms with Gasteiger partial charge in [0.2, 0.25) is 5.91 Å². The molecule has 122 valence electrons. The average Bonchev–Trinajstić information content (AvgIpc) is 2.98. The molecule has 5 heteroatoms. The molecule has 0 spiro atoms. The molecule has 23 heavy (non-hydrogen) atoms. The Kier molecular flexibility index (Phi) is 5.93. The number of rotatable bonds is 6. The Labute approximate surface area is 141 Å². The summed E-state index contributed by atoms with van der Waals surface area (Å²) in [4.78, 5) is 18.3. The van der Waals surface area contributed by atoms with Crippen LogP contribution in [0.3, 0.4) is 0 Å². The molecule has 1 aromatic heterocycles. The summed E-state index contributed by atoms with van der Waals surface area (Å²) in [5.41, 5.74) is 2.01. The molecule has 2 rings (SSSR count). The third-order valence-corrected chi connectivity index (χ3v) is 4.52. The van der Waals surface area contributed by atoms with E-state index in [0.29, 0.717) is 0 Å². The minimum absolute atomic E-state index is 0.0170. The molecule has 2 aromatic rings. The molecule has 0 fully saturated rings. The van der Waals surface area contributed by atoms with Crippen LogP contribution in [-0.2, 0) is 11.2 Å². The highest BCUT2D eigenvalue weighted by molar-refractivity contribution is 7.09. The first-order valence-corrected chi connectivity index (χ1v) is 8.37. The third kappa shape index (κ3) is 4.93. The molecule has 1 amide bonds. The van der Waals surface area contributed by atoms with E-state index >= 15 is 0 Å². The highest BCUT2D eigenvalue weighted by Gasteiger charge is 2.14. The van der Waals surface area contributed by atoms with Gasteiger partial charge in [0.15, 0.2) is 0 Å². The number of nitrogens with zero attached hydrogens (tertiary/aromatic N) is 2. The summed E-state index contributed by atoms with van der Waals surface area (Å²) in [7, 11) is 3.48. The SMILES string of the molecule is COc1ccc(C[C@H](C)N(C)C(=O)/C=C\c2csc(C)n2)cc1. The molecular weight excluding hydrogens is 308 g/mol. The van der Waals surface area contributed by atoms with Crippen LogP contribution in [0.2, 0.25) is 0 Å². The number of carbonyl (C=O) groups is 1. The van der Waals surface area contributed by atoms with Gasteiger partial charge in [0, 0.05) is 24.5 Å². The number of thiazole rings is 1. The standard InChI is InChI=1S/C18H22N2O2S/c1-13(11-15-5-8-17(22-4)9-6-15)20(3)18(21)10-7-16-12-23-14(2)19-16/h5-10,12-13H,11H2,1-4H3/b10-7-/t13-/m0/s1. The van der Waals surface area contributed by atoms with Crippen molar-refractivity contribution >= 4 is 23.3 Å². The van der Waals surface area contributed by atoms with E-state index in [1.807, 2.05) is 50.5 Å². The summed E-state index contributed by atoms with van der Waals surface area (Å²) >= 11 is 1.58. The summed E-state index contributed by atoms with van der Waals surface area (Å²) in [5.74, 6) is 0.823. The van der Waals surface area contributed by atoms with Gasteiger partial charge in [-0.25, -0.2) is 4.98 Å². The van der Waals surface area contributed by atoms with E-state index in [9.17, 15) is 4.79 Å². The predicted octanol–water partition coefficient (Wildman–Crippen LogP) is 3.56. The number of amides is 1. The fourth-order valence-electron chi connectivity index (χ4n) is 2.19. The molecule has 0 radical (unpaired) electrons. The monoisotopic (exact) mass is 330 g/mol. The summed E-state index contributed by atoms with van der Waals surface area (Å²) < 4.78 is 5.16. The van der Waals surface area contributed by atoms with Crippen LogP contribution in [0.1, 0.15) is 23.2 Å². The molecule has 1 aromatic carbocycles. The van der Waals surface area contributed by atoms with E-state index in [-0.39, 0.29) is 11.9 Å². The maximum atomic E-state index is 12.3. The van der Waals surface area contributed by atoms with Gasteiger partial charge in [0.25, 0.3) is 0 Å². The molecule has 0 unspecified atom stereocenters. The number of hydrogen-bond donors (Lipinski definition) is 0. The Morgan fingerprint density at radius 2 is 2.09 bits per heavy atom. The zero-order chi connectivity index (χ0) is 16.8. The van der Waals surface area contributed by atoms with Crippen LogP contribution in [0.5, 0.6) is 5.75 Å². The zero-order valence-corrected chi connectivity index (χ0v) is 14.8. The van der Waals surface area contributed by atoms with E-state index in [2.05, 4.69) is 4.98 Å². The van der Waals surface area contributed by atoms with Crippen molar-refractivity contribution in [2.45, 2.75) is 26.3 Å². The third-order valence-electron chi connectivity index (χ3n) is 3.73. The topological polar surface area (TPSA) is 42.4 Å². The summed E-state index contributed by atoms with van der Waals surface area (Å²) in [6.07, 6.45) is 4.15. The number of benzene rings is 1. The maximum absolute atomic E-state index is 12.3. The predicted molar refractivity (Wildman–Crippen MR) is 94.8 cm³/mol. The van der Waals surface area contributed by atoms with Gasteiger partial charge in [-0.3, -0.25) is 4.79 Å². The van der Waals surface area contributed by atoms with Gasteiger partial charge in [-0.05, 0) is 44.0 Å². The first kappa shape index (κ1) is 17.2. The number of ether oxygens (including phenoxy) is 1. The molecule has 0 aliphatic rings. The number of carbonyl (C=O) groups excluding carboxylic acids is 1. The van der Waals surface area contributed by atoms with Crippen LogP contribution in [0.4, 0.5) is 0 Å². The minimum atomic E-state index is -0.0170. The van der Waals surface area contributed by atoms with Gasteiger partial charge < -0.3 is 9.64 Å². The minimum Gasteiger partial charge on any atom is -0.497 e. The number of aromatic nitrogens is 1. The molecule has 0 saturated carbocycles. The molecule has 0 saturated heterocycles. The van der Waals surface area contributed by atoms with Crippen molar-refractivity contribution in [3.05, 3.63) is 52.0 Å². The van der Waals surface area contributed by atoms with E-state index in [4.69, 9.17) is 4.74 Å². The van der Waals surface area contributed by atoms with Gasteiger partial charge in [-0.2, -0.15) is 0 Å². The van der Waals surface area contributed by atoms with E-state index in [1.165, 1.54) is 5.56 Å². The lowest BCUT2D eigenvalue weighted by Gasteiger charge is -2.24. The Morgan fingerprint density at radius 3 is 2.65 bits per heavy atom. The van der Waals surface area contributed by atoms with Crippen LogP contribution in [0.15, 0.2) is 35.7 Å². The van der Waals surface area contributed by atoms with Crippen molar-refractivity contribution in [1.29, 1.82) is 0 Å². The largest absolute Gasteiger partial charge is 0.497 e. The molecule has 0 bridgehead atoms. The molecule has 4 nitrogen and oxygen atoms in total. The Balaban J connectivity index is 1.93. The molecule has 1 atom stereocenters. The fourth-order valence-corrected chi connectivity index (χ4v) is 2.77. The average molecular weight is 330 g/mol. The first-order chi connectivity index (χ1) is 11.0. The number of methoxy groups -OCH3 is 1. The van der Waals surface area contributed by atoms with Gasteiger partial charge >= 0.3 is 0 Å². The van der Waals surface area contributed by atoms with Crippen LogP contribution >= 0.6 is 11.3 Å². The Hall–Kier alpha value is -2.14. The molecular formula is C18H22N2O2S. The summed E-state index contributed by atoms with van der Waals surface area (Å²) in [6, 6.07) is 8.05. The highest BCUT2D eigenvalue weighted by Crippen LogP contribution is 2.15. The van der Waals surface area contributed by atoms with Gasteiger partial charge in [0.05, 0.1) is 17.8 Å². The van der Waals surface area contributed by atoms with Gasteiger partial charge in [-0.1, -0.05) is 12.1 Å². The number of aryl methyl sites for hydroxylation is 1. The van der Waals surface area contributed by atoms with Crippen LogP contribution in [0, 0.1) is 6.92 Å². The lowest BCUT2D eigenvalue weighted by molar-refractivity contribution is -0.126. The smallest absolute Gasteiger partial charge is 0.246 e. The molecule has 1 heterocycles. The van der Waals surface area contributed by atoms with Crippen LogP contribution < -0.4 is 4.74 Å². The van der Waals surface area contributed by atoms with Gasteiger partial charge in [0.1, 0.15) is 5.75 Å². The fraction of sp³-hybridized carbons (Fsp3) is 0.333. The lowest BCUT2D eigenvalue weighted by Crippen LogP contribution is -2.35. The van der Waals surface area contributed by atoms with Crippen molar-refractivity contribution in [3.63, 3.8) is 0 Å². The van der Waals surface area contributed by atoms with Gasteiger partial charge in [-0.15, -0.1) is 11.3 Å². The van der Waals surface area contributed by atoms with E-state index in [0.717, 1.165) is 22.9 Å². The summed E-state index contributed by atoms with van der Waals surface area (Å²) in [6.45, 7) is 4.00. The second-order valence-corrected chi connectivity index (χ2v) is 6.54. The summed E-state index contributed by atoms with van der Waals surface area (Å²) in [5, 5.41) is 2.94. The highest BCUT2D eigenvalue weighted by atomic mass is 32.1. The van der Waals surface area contributed by atoms with Crippen LogP contribution in [0.25, 0.3) is 6.08 Å². The normalized spacial score (nSPS) is 12.3. The molecule has 0 aliphatic carbocycles. The van der Waals surface area contributed by atoms with E-state index < -0.39 is 0 Å². The molecule has 0 aliphatic heterocycles. The van der Waals surface area contributed by atoms with Crippen molar-refractivity contribution in [2.75, 3.05) is 14.2 Å². The first-order valence-electron chi connectivity index (χ1n) is 7.49. The van der Waals surface area contributed by atoms with Crippen molar-refractivity contribution in [3.8, 4) is 5.75 Å².